The van der Waals surface area contributed by atoms with Crippen LogP contribution in [0.1, 0.15) is 32.6 Å². The van der Waals surface area contributed by atoms with Crippen LogP contribution in [0, 0.1) is 23.6 Å². The third kappa shape index (κ3) is 4.43. The molecule has 5 aromatic heterocycles. The van der Waals surface area contributed by atoms with Crippen molar-refractivity contribution in [2.75, 3.05) is 11.9 Å². The predicted octanol–water partition coefficient (Wildman–Crippen LogP) is 6.32. The molecule has 5 heterocycles. The minimum Gasteiger partial charge on any atom is -0.466 e. The Balaban J connectivity index is 1.32. The number of halogens is 1. The molecule has 0 amide bonds. The van der Waals surface area contributed by atoms with E-state index in [2.05, 4.69) is 20.5 Å². The third-order valence-corrected chi connectivity index (χ3v) is 8.93. The fourth-order valence-electron chi connectivity index (χ4n) is 6.24. The quantitative estimate of drug-likeness (QED) is 0.223. The molecule has 0 spiro atoms. The van der Waals surface area contributed by atoms with Crippen molar-refractivity contribution in [3.8, 4) is 33.6 Å². The van der Waals surface area contributed by atoms with Crippen molar-refractivity contribution in [1.82, 2.24) is 25.1 Å². The monoisotopic (exact) mass is 558 g/mol. The number of anilines is 1. The van der Waals surface area contributed by atoms with Gasteiger partial charge in [-0.05, 0) is 74.1 Å². The highest BCUT2D eigenvalue weighted by molar-refractivity contribution is 7.13. The molecule has 3 fully saturated rings. The van der Waals surface area contributed by atoms with Crippen LogP contribution >= 0.6 is 11.3 Å². The van der Waals surface area contributed by atoms with Crippen LogP contribution in [0.25, 0.3) is 44.6 Å². The molecule has 0 saturated heterocycles. The number of thiophene rings is 1. The van der Waals surface area contributed by atoms with Gasteiger partial charge in [-0.1, -0.05) is 6.07 Å². The van der Waals surface area contributed by atoms with Gasteiger partial charge >= 0.3 is 5.97 Å². The first kappa shape index (κ1) is 24.9. The molecule has 0 unspecified atom stereocenters. The molecule has 2 atom stereocenters. The van der Waals surface area contributed by atoms with E-state index in [-0.39, 0.29) is 23.8 Å². The van der Waals surface area contributed by atoms with Crippen molar-refractivity contribution in [3.63, 3.8) is 0 Å². The number of rotatable bonds is 7. The van der Waals surface area contributed by atoms with Crippen LogP contribution in [0.2, 0.25) is 0 Å². The number of furan rings is 1. The van der Waals surface area contributed by atoms with Crippen LogP contribution < -0.4 is 5.32 Å². The van der Waals surface area contributed by atoms with Crippen LogP contribution in [-0.4, -0.2) is 43.8 Å². The van der Waals surface area contributed by atoms with Crippen molar-refractivity contribution in [3.05, 3.63) is 53.8 Å². The lowest BCUT2D eigenvalue weighted by Gasteiger charge is -2.47. The maximum atomic E-state index is 14.1. The van der Waals surface area contributed by atoms with Crippen molar-refractivity contribution in [2.24, 2.45) is 17.8 Å². The maximum Gasteiger partial charge on any atom is 0.311 e. The summed E-state index contributed by atoms with van der Waals surface area (Å²) < 4.78 is 25.8. The lowest BCUT2D eigenvalue weighted by atomic mass is 9.61. The first-order valence-corrected chi connectivity index (χ1v) is 14.4. The second-order valence-corrected chi connectivity index (χ2v) is 11.3. The van der Waals surface area contributed by atoms with Crippen LogP contribution in [0.4, 0.5) is 10.2 Å². The standard InChI is InChI=1S/C29H27FN6O3S/c1-2-38-29(37)24-15-5-7-16(8-6-15)25(24)33-23-13-19(20-9-10-21(39-20)22-4-3-11-40-22)32-28(34-23)26-18-12-17(30)14-31-27(18)36-35-26/h3-4,9-16,24-25H,2,5-8H2,1H3,(H,31,35,36)(H,32,33,34)/t15?,16?,24-,25-/m0/s1. The van der Waals surface area contributed by atoms with E-state index in [1.54, 1.807) is 11.3 Å². The number of nitrogens with zero attached hydrogens (tertiary/aromatic N) is 4. The number of esters is 1. The van der Waals surface area contributed by atoms with E-state index >= 15 is 0 Å². The number of nitrogens with one attached hydrogen (secondary N) is 2. The first-order valence-electron chi connectivity index (χ1n) is 13.5. The third-order valence-electron chi connectivity index (χ3n) is 8.04. The van der Waals surface area contributed by atoms with E-state index in [1.807, 2.05) is 42.6 Å². The number of carbonyl (C=O) groups excluding carboxylic acids is 1. The Labute approximate surface area is 233 Å². The topological polar surface area (TPSA) is 119 Å². The largest absolute Gasteiger partial charge is 0.466 e. The minimum atomic E-state index is -0.480. The molecule has 40 heavy (non-hydrogen) atoms. The van der Waals surface area contributed by atoms with Crippen LogP contribution in [0.5, 0.6) is 0 Å². The fourth-order valence-corrected chi connectivity index (χ4v) is 6.92. The molecule has 8 rings (SSSR count). The molecule has 11 heteroatoms. The Bertz CT molecular complexity index is 1670. The minimum absolute atomic E-state index is 0.113. The number of carbonyl (C=O) groups is 1. The van der Waals surface area contributed by atoms with Gasteiger partial charge in [0.1, 0.15) is 28.8 Å². The molecule has 9 nitrogen and oxygen atoms in total. The molecule has 3 aliphatic rings. The molecule has 2 N–H and O–H groups in total. The van der Waals surface area contributed by atoms with E-state index < -0.39 is 5.82 Å². The van der Waals surface area contributed by atoms with Gasteiger partial charge in [0.25, 0.3) is 0 Å². The predicted molar refractivity (Wildman–Crippen MR) is 149 cm³/mol. The number of aromatic amines is 1. The molecule has 3 saturated carbocycles. The zero-order chi connectivity index (χ0) is 27.2. The maximum absolute atomic E-state index is 14.1. The summed E-state index contributed by atoms with van der Waals surface area (Å²) in [6, 6.07) is 10.8. The summed E-state index contributed by atoms with van der Waals surface area (Å²) in [7, 11) is 0. The highest BCUT2D eigenvalue weighted by atomic mass is 32.1. The molecule has 204 valence electrons. The lowest BCUT2D eigenvalue weighted by molar-refractivity contribution is -0.154. The van der Waals surface area contributed by atoms with E-state index in [4.69, 9.17) is 19.1 Å². The van der Waals surface area contributed by atoms with Crippen molar-refractivity contribution in [2.45, 2.75) is 38.6 Å². The second-order valence-electron chi connectivity index (χ2n) is 10.3. The molecular formula is C29H27FN6O3S. The number of H-pyrrole nitrogens is 1. The van der Waals surface area contributed by atoms with Gasteiger partial charge in [0.15, 0.2) is 17.2 Å². The summed E-state index contributed by atoms with van der Waals surface area (Å²) in [5, 5.41) is 13.2. The zero-order valence-electron chi connectivity index (χ0n) is 21.8. The normalized spacial score (nSPS) is 22.1. The summed E-state index contributed by atoms with van der Waals surface area (Å²) in [6.45, 7) is 2.19. The molecule has 2 bridgehead atoms. The number of fused-ring (bicyclic) bond motifs is 4. The van der Waals surface area contributed by atoms with Gasteiger partial charge in [-0.3, -0.25) is 9.89 Å². The van der Waals surface area contributed by atoms with E-state index in [0.29, 0.717) is 52.3 Å². The van der Waals surface area contributed by atoms with E-state index in [1.165, 1.54) is 6.07 Å². The van der Waals surface area contributed by atoms with Gasteiger partial charge in [-0.15, -0.1) is 11.3 Å². The fraction of sp³-hybridized carbons (Fsp3) is 0.345. The number of pyridine rings is 1. The Morgan fingerprint density at radius 2 is 1.98 bits per heavy atom. The Hall–Kier alpha value is -4.12. The highest BCUT2D eigenvalue weighted by Crippen LogP contribution is 2.47. The second kappa shape index (κ2) is 10.1. The average Bonchev–Trinajstić information content (AvgIpc) is 3.74. The van der Waals surface area contributed by atoms with Gasteiger partial charge in [0, 0.05) is 12.1 Å². The van der Waals surface area contributed by atoms with Gasteiger partial charge in [-0.2, -0.15) is 5.10 Å². The summed E-state index contributed by atoms with van der Waals surface area (Å²) in [5.74, 6) is 1.91. The Morgan fingerprint density at radius 3 is 2.77 bits per heavy atom. The summed E-state index contributed by atoms with van der Waals surface area (Å²) >= 11 is 1.59. The molecule has 5 aromatic rings. The molecule has 0 aliphatic heterocycles. The molecule has 0 radical (unpaired) electrons. The molecule has 3 aliphatic carbocycles. The summed E-state index contributed by atoms with van der Waals surface area (Å²) in [5.41, 5.74) is 1.37. The number of hydrogen-bond acceptors (Lipinski definition) is 9. The lowest BCUT2D eigenvalue weighted by Crippen LogP contribution is -2.52. The first-order chi connectivity index (χ1) is 19.6. The van der Waals surface area contributed by atoms with Gasteiger partial charge < -0.3 is 14.5 Å². The van der Waals surface area contributed by atoms with Crippen LogP contribution in [0.3, 0.4) is 0 Å². The zero-order valence-corrected chi connectivity index (χ0v) is 22.6. The van der Waals surface area contributed by atoms with Gasteiger partial charge in [0.2, 0.25) is 0 Å². The SMILES string of the molecule is CCOC(=O)[C@H]1C2CCC(CC2)[C@@H]1Nc1cc(-c2ccc(-c3cccs3)o2)nc(-c2[nH]nc3ncc(F)cc23)n1. The number of aromatic nitrogens is 5. The highest BCUT2D eigenvalue weighted by Gasteiger charge is 2.48. The van der Waals surface area contributed by atoms with Crippen molar-refractivity contribution in [1.29, 1.82) is 0 Å². The Morgan fingerprint density at radius 1 is 1.15 bits per heavy atom. The van der Waals surface area contributed by atoms with Crippen molar-refractivity contribution >= 4 is 34.2 Å². The summed E-state index contributed by atoms with van der Waals surface area (Å²) in [4.78, 5) is 27.8. The van der Waals surface area contributed by atoms with E-state index in [9.17, 15) is 9.18 Å². The van der Waals surface area contributed by atoms with Crippen molar-refractivity contribution < 1.29 is 18.3 Å². The van der Waals surface area contributed by atoms with Crippen LogP contribution in [0.15, 0.2) is 52.4 Å². The molecule has 0 aromatic carbocycles. The summed E-state index contributed by atoms with van der Waals surface area (Å²) in [6.07, 6.45) is 5.30. The van der Waals surface area contributed by atoms with Gasteiger partial charge in [0.05, 0.1) is 29.0 Å². The number of ether oxygens (including phenoxy) is 1. The van der Waals surface area contributed by atoms with E-state index in [0.717, 1.165) is 42.5 Å². The number of hydrogen-bond donors (Lipinski definition) is 2. The smallest absolute Gasteiger partial charge is 0.311 e. The Kier molecular flexibility index (Phi) is 6.30. The van der Waals surface area contributed by atoms with Gasteiger partial charge in [-0.25, -0.2) is 19.3 Å². The average molecular weight is 559 g/mol. The van der Waals surface area contributed by atoms with Crippen LogP contribution in [-0.2, 0) is 9.53 Å². The molecular weight excluding hydrogens is 531 g/mol.